The number of halogens is 1. The van der Waals surface area contributed by atoms with Crippen molar-refractivity contribution in [1.29, 1.82) is 0 Å². The van der Waals surface area contributed by atoms with Crippen molar-refractivity contribution in [3.05, 3.63) is 40.8 Å². The van der Waals surface area contributed by atoms with Crippen LogP contribution < -0.4 is 9.62 Å². The topological polar surface area (TPSA) is 87.5 Å². The van der Waals surface area contributed by atoms with Gasteiger partial charge in [-0.3, -0.25) is 4.79 Å². The van der Waals surface area contributed by atoms with E-state index in [-0.39, 0.29) is 10.8 Å². The number of nitrogens with zero attached hydrogens (tertiary/aromatic N) is 4. The van der Waals surface area contributed by atoms with Crippen LogP contribution in [0.5, 0.6) is 0 Å². The third-order valence-corrected chi connectivity index (χ3v) is 6.23. The summed E-state index contributed by atoms with van der Waals surface area (Å²) in [6, 6.07) is 5.29. The van der Waals surface area contributed by atoms with E-state index in [2.05, 4.69) is 30.5 Å². The van der Waals surface area contributed by atoms with E-state index in [0.29, 0.717) is 31.9 Å². The molecule has 0 saturated carbocycles. The number of anilines is 1. The molecule has 1 N–H and O–H groups in total. The van der Waals surface area contributed by atoms with E-state index in [1.165, 1.54) is 19.3 Å². The van der Waals surface area contributed by atoms with Crippen LogP contribution in [0.15, 0.2) is 40.0 Å². The number of sulfonamides is 1. The molecule has 2 aromatic heterocycles. The van der Waals surface area contributed by atoms with Gasteiger partial charge in [0.15, 0.2) is 0 Å². The summed E-state index contributed by atoms with van der Waals surface area (Å²) >= 11 is 3.37. The first-order valence-corrected chi connectivity index (χ1v) is 10.3. The van der Waals surface area contributed by atoms with Crippen LogP contribution in [0, 0.1) is 0 Å². The summed E-state index contributed by atoms with van der Waals surface area (Å²) in [5.41, 5.74) is 0.356. The van der Waals surface area contributed by atoms with Gasteiger partial charge in [0, 0.05) is 50.1 Å². The standard InChI is InChI=1S/C16H20BrN5O3S/c1-18-26(24,25)13-9-14(20(2)11-13)16(23)22-7-5-21(6-8-22)15-4-3-12(17)10-19-15/h3-4,9-11,18H,5-8H2,1-2H3. The molecule has 1 aliphatic heterocycles. The number of carbonyl (C=O) groups is 1. The van der Waals surface area contributed by atoms with Crippen LogP contribution in [0.2, 0.25) is 0 Å². The summed E-state index contributed by atoms with van der Waals surface area (Å²) in [4.78, 5) is 21.1. The Morgan fingerprint density at radius 1 is 1.23 bits per heavy atom. The fourth-order valence-corrected chi connectivity index (χ4v) is 3.90. The van der Waals surface area contributed by atoms with Crippen molar-refractivity contribution < 1.29 is 13.2 Å². The van der Waals surface area contributed by atoms with Crippen LogP contribution in [0.1, 0.15) is 10.5 Å². The quantitative estimate of drug-likeness (QED) is 0.765. The summed E-state index contributed by atoms with van der Waals surface area (Å²) in [5, 5.41) is 0. The van der Waals surface area contributed by atoms with Crippen LogP contribution in [0.3, 0.4) is 0 Å². The van der Waals surface area contributed by atoms with Gasteiger partial charge in [-0.25, -0.2) is 18.1 Å². The first-order chi connectivity index (χ1) is 12.3. The van der Waals surface area contributed by atoms with E-state index in [4.69, 9.17) is 0 Å². The number of amides is 1. The summed E-state index contributed by atoms with van der Waals surface area (Å²) < 4.78 is 28.6. The Labute approximate surface area is 161 Å². The summed E-state index contributed by atoms with van der Waals surface area (Å²) in [5.74, 6) is 0.704. The van der Waals surface area contributed by atoms with Crippen molar-refractivity contribution in [3.8, 4) is 0 Å². The minimum Gasteiger partial charge on any atom is -0.353 e. The number of piperazine rings is 1. The van der Waals surface area contributed by atoms with Crippen molar-refractivity contribution in [2.24, 2.45) is 7.05 Å². The largest absolute Gasteiger partial charge is 0.353 e. The molecule has 0 radical (unpaired) electrons. The smallest absolute Gasteiger partial charge is 0.270 e. The number of hydrogen-bond donors (Lipinski definition) is 1. The summed E-state index contributed by atoms with van der Waals surface area (Å²) in [7, 11) is -0.557. The second-order valence-electron chi connectivity index (χ2n) is 5.99. The molecule has 0 spiro atoms. The predicted molar refractivity (Wildman–Crippen MR) is 102 cm³/mol. The third-order valence-electron chi connectivity index (χ3n) is 4.38. The molecule has 0 unspecified atom stereocenters. The molecular weight excluding hydrogens is 422 g/mol. The van der Waals surface area contributed by atoms with Gasteiger partial charge < -0.3 is 14.4 Å². The van der Waals surface area contributed by atoms with Gasteiger partial charge in [-0.05, 0) is 41.2 Å². The molecule has 0 aromatic carbocycles. The van der Waals surface area contributed by atoms with Crippen molar-refractivity contribution in [2.75, 3.05) is 38.1 Å². The second kappa shape index (κ2) is 7.37. The average Bonchev–Trinajstić information content (AvgIpc) is 3.04. The molecule has 10 heteroatoms. The van der Waals surface area contributed by atoms with Crippen molar-refractivity contribution in [2.45, 2.75) is 4.90 Å². The SMILES string of the molecule is CNS(=O)(=O)c1cc(C(=O)N2CCN(c3ccc(Br)cn3)CC2)n(C)c1. The van der Waals surface area contributed by atoms with Crippen LogP contribution >= 0.6 is 15.9 Å². The molecule has 3 rings (SSSR count). The fourth-order valence-electron chi connectivity index (χ4n) is 2.87. The van der Waals surface area contributed by atoms with Gasteiger partial charge in [0.1, 0.15) is 16.4 Å². The lowest BCUT2D eigenvalue weighted by Gasteiger charge is -2.35. The zero-order chi connectivity index (χ0) is 18.9. The maximum absolute atomic E-state index is 12.8. The Kier molecular flexibility index (Phi) is 5.35. The van der Waals surface area contributed by atoms with Crippen LogP contribution in [0.4, 0.5) is 5.82 Å². The zero-order valence-electron chi connectivity index (χ0n) is 14.5. The molecule has 1 amide bonds. The first kappa shape index (κ1) is 18.9. The number of nitrogens with one attached hydrogen (secondary N) is 1. The van der Waals surface area contributed by atoms with E-state index in [1.54, 1.807) is 22.7 Å². The molecule has 2 aromatic rings. The lowest BCUT2D eigenvalue weighted by molar-refractivity contribution is 0.0737. The number of hydrogen-bond acceptors (Lipinski definition) is 5. The molecule has 140 valence electrons. The van der Waals surface area contributed by atoms with Gasteiger partial charge >= 0.3 is 0 Å². The molecular formula is C16H20BrN5O3S. The molecule has 8 nitrogen and oxygen atoms in total. The van der Waals surface area contributed by atoms with Gasteiger partial charge in [0.05, 0.1) is 0 Å². The molecule has 0 bridgehead atoms. The molecule has 1 aliphatic rings. The minimum atomic E-state index is -3.57. The average molecular weight is 442 g/mol. The number of aromatic nitrogens is 2. The van der Waals surface area contributed by atoms with Crippen molar-refractivity contribution >= 4 is 37.7 Å². The lowest BCUT2D eigenvalue weighted by Crippen LogP contribution is -2.49. The van der Waals surface area contributed by atoms with Gasteiger partial charge in [0.25, 0.3) is 5.91 Å². The second-order valence-corrected chi connectivity index (χ2v) is 8.80. The monoisotopic (exact) mass is 441 g/mol. The van der Waals surface area contributed by atoms with Crippen molar-refractivity contribution in [1.82, 2.24) is 19.2 Å². The molecule has 0 aliphatic carbocycles. The van der Waals surface area contributed by atoms with Gasteiger partial charge in [-0.1, -0.05) is 0 Å². The van der Waals surface area contributed by atoms with Gasteiger partial charge in [0.2, 0.25) is 10.0 Å². The highest BCUT2D eigenvalue weighted by Gasteiger charge is 2.26. The molecule has 1 saturated heterocycles. The molecule has 26 heavy (non-hydrogen) atoms. The van der Waals surface area contributed by atoms with Gasteiger partial charge in [-0.2, -0.15) is 0 Å². The normalized spacial score (nSPS) is 15.3. The molecule has 0 atom stereocenters. The zero-order valence-corrected chi connectivity index (χ0v) is 16.9. The van der Waals surface area contributed by atoms with Crippen LogP contribution in [-0.2, 0) is 17.1 Å². The number of rotatable bonds is 4. The Hall–Kier alpha value is -1.91. The number of carbonyl (C=O) groups excluding carboxylic acids is 1. The minimum absolute atomic E-state index is 0.0866. The lowest BCUT2D eigenvalue weighted by atomic mass is 10.2. The Morgan fingerprint density at radius 2 is 1.92 bits per heavy atom. The Balaban J connectivity index is 1.70. The van der Waals surface area contributed by atoms with Crippen LogP contribution in [0.25, 0.3) is 0 Å². The van der Waals surface area contributed by atoms with E-state index in [0.717, 1.165) is 10.3 Å². The Morgan fingerprint density at radius 3 is 2.50 bits per heavy atom. The van der Waals surface area contributed by atoms with Gasteiger partial charge in [-0.15, -0.1) is 0 Å². The summed E-state index contributed by atoms with van der Waals surface area (Å²) in [6.45, 7) is 2.45. The highest BCUT2D eigenvalue weighted by Crippen LogP contribution is 2.19. The number of pyridine rings is 1. The third kappa shape index (κ3) is 3.76. The predicted octanol–water partition coefficient (Wildman–Crippen LogP) is 1.05. The maximum atomic E-state index is 12.8. The van der Waals surface area contributed by atoms with E-state index in [1.807, 2.05) is 12.1 Å². The highest BCUT2D eigenvalue weighted by atomic mass is 79.9. The Bertz CT molecular complexity index is 902. The highest BCUT2D eigenvalue weighted by molar-refractivity contribution is 9.10. The van der Waals surface area contributed by atoms with E-state index < -0.39 is 10.0 Å². The van der Waals surface area contributed by atoms with Crippen LogP contribution in [-0.4, -0.2) is 62.0 Å². The first-order valence-electron chi connectivity index (χ1n) is 8.07. The van der Waals surface area contributed by atoms with Crippen molar-refractivity contribution in [3.63, 3.8) is 0 Å². The number of aryl methyl sites for hydroxylation is 1. The molecule has 1 fully saturated rings. The maximum Gasteiger partial charge on any atom is 0.270 e. The van der Waals surface area contributed by atoms with E-state index in [9.17, 15) is 13.2 Å². The summed E-state index contributed by atoms with van der Waals surface area (Å²) in [6.07, 6.45) is 3.20. The molecule has 3 heterocycles. The van der Waals surface area contributed by atoms with E-state index >= 15 is 0 Å². The fraction of sp³-hybridized carbons (Fsp3) is 0.375.